The molecule has 4 nitrogen and oxygen atoms in total. The van der Waals surface area contributed by atoms with Gasteiger partial charge in [0.1, 0.15) is 6.33 Å². The maximum atomic E-state index is 14.0. The predicted octanol–water partition coefficient (Wildman–Crippen LogP) is 3.46. The smallest absolute Gasteiger partial charge is 0.356 e. The zero-order valence-electron chi connectivity index (χ0n) is 10.9. The average molecular weight is 302 g/mol. The number of carbonyl (C=O) groups is 1. The summed E-state index contributed by atoms with van der Waals surface area (Å²) in [6.07, 6.45) is 1.18. The molecule has 0 unspecified atom stereocenters. The Morgan fingerprint density at radius 2 is 2.05 bits per heavy atom. The molecule has 2 heterocycles. The highest BCUT2D eigenvalue weighted by molar-refractivity contribution is 7.98. The Labute approximate surface area is 124 Å². The summed E-state index contributed by atoms with van der Waals surface area (Å²) in [6.45, 7) is 0. The molecule has 0 aliphatic carbocycles. The van der Waals surface area contributed by atoms with Crippen LogP contribution >= 0.6 is 11.8 Å². The maximum Gasteiger partial charge on any atom is 0.356 e. The first kappa shape index (κ1) is 13.6. The summed E-state index contributed by atoms with van der Waals surface area (Å²) >= 11 is 1.45. The lowest BCUT2D eigenvalue weighted by atomic mass is 10.2. The molecular formula is C15H11FN2O2S. The number of carboxylic acids is 1. The van der Waals surface area contributed by atoms with Crippen molar-refractivity contribution in [3.63, 3.8) is 0 Å². The van der Waals surface area contributed by atoms with Crippen LogP contribution in [0.2, 0.25) is 0 Å². The molecule has 0 bridgehead atoms. The van der Waals surface area contributed by atoms with Crippen LogP contribution < -0.4 is 0 Å². The average Bonchev–Trinajstić information content (AvgIpc) is 2.91. The van der Waals surface area contributed by atoms with Gasteiger partial charge in [0.25, 0.3) is 0 Å². The molecule has 0 radical (unpaired) electrons. The van der Waals surface area contributed by atoms with Crippen LogP contribution in [-0.2, 0) is 5.75 Å². The number of aromatic nitrogens is 2. The normalized spacial score (nSPS) is 10.9. The van der Waals surface area contributed by atoms with E-state index in [1.165, 1.54) is 24.2 Å². The minimum Gasteiger partial charge on any atom is -0.476 e. The van der Waals surface area contributed by atoms with E-state index in [4.69, 9.17) is 5.11 Å². The molecule has 21 heavy (non-hydrogen) atoms. The van der Waals surface area contributed by atoms with E-state index in [1.54, 1.807) is 6.07 Å². The Morgan fingerprint density at radius 1 is 1.29 bits per heavy atom. The molecule has 0 saturated carbocycles. The molecule has 6 heteroatoms. The van der Waals surface area contributed by atoms with Crippen LogP contribution in [0, 0.1) is 5.95 Å². The van der Waals surface area contributed by atoms with Crippen LogP contribution in [0.15, 0.2) is 53.7 Å². The van der Waals surface area contributed by atoms with Gasteiger partial charge in [-0.05, 0) is 11.6 Å². The molecular weight excluding hydrogens is 291 g/mol. The number of carboxylic acid groups (broad SMARTS) is 1. The van der Waals surface area contributed by atoms with Gasteiger partial charge in [0.2, 0.25) is 5.95 Å². The van der Waals surface area contributed by atoms with Crippen molar-refractivity contribution in [2.45, 2.75) is 10.6 Å². The first-order valence-corrected chi connectivity index (χ1v) is 7.20. The summed E-state index contributed by atoms with van der Waals surface area (Å²) in [7, 11) is 0. The minimum atomic E-state index is -1.16. The highest BCUT2D eigenvalue weighted by atomic mass is 32.2. The van der Waals surface area contributed by atoms with Gasteiger partial charge >= 0.3 is 5.97 Å². The van der Waals surface area contributed by atoms with E-state index in [1.807, 2.05) is 30.3 Å². The molecule has 0 amide bonds. The van der Waals surface area contributed by atoms with Crippen LogP contribution in [0.3, 0.4) is 0 Å². The summed E-state index contributed by atoms with van der Waals surface area (Å²) in [6, 6.07) is 12.8. The Kier molecular flexibility index (Phi) is 3.62. The standard InChI is InChI=1S/C15H11FN2O2S/c16-13-7-11(21-8-10-4-2-1-3-5-10)6-12-14(15(19)20)17-9-18(12)13/h1-7,9H,8H2,(H,19,20). The summed E-state index contributed by atoms with van der Waals surface area (Å²) in [4.78, 5) is 15.5. The van der Waals surface area contributed by atoms with Crippen LogP contribution in [0.1, 0.15) is 16.1 Å². The van der Waals surface area contributed by atoms with Crippen LogP contribution in [0.25, 0.3) is 5.52 Å². The largest absolute Gasteiger partial charge is 0.476 e. The Bertz CT molecular complexity index is 802. The fourth-order valence-corrected chi connectivity index (χ4v) is 2.92. The van der Waals surface area contributed by atoms with Crippen molar-refractivity contribution in [2.75, 3.05) is 0 Å². The van der Waals surface area contributed by atoms with E-state index in [0.29, 0.717) is 10.6 Å². The second-order valence-corrected chi connectivity index (χ2v) is 5.49. The third-order valence-electron chi connectivity index (χ3n) is 3.03. The molecule has 2 aromatic heterocycles. The van der Waals surface area contributed by atoms with Gasteiger partial charge in [-0.25, -0.2) is 9.78 Å². The van der Waals surface area contributed by atoms with Gasteiger partial charge in [-0.15, -0.1) is 11.8 Å². The molecule has 0 spiro atoms. The van der Waals surface area contributed by atoms with Gasteiger partial charge in [-0.3, -0.25) is 4.40 Å². The molecule has 0 aliphatic rings. The topological polar surface area (TPSA) is 54.6 Å². The Balaban J connectivity index is 1.92. The lowest BCUT2D eigenvalue weighted by Gasteiger charge is -2.04. The van der Waals surface area contributed by atoms with Crippen molar-refractivity contribution in [1.29, 1.82) is 0 Å². The molecule has 0 fully saturated rings. The number of rotatable bonds is 4. The third kappa shape index (κ3) is 2.75. The van der Waals surface area contributed by atoms with Gasteiger partial charge in [-0.1, -0.05) is 30.3 Å². The fraction of sp³-hybridized carbons (Fsp3) is 0.0667. The molecule has 0 aliphatic heterocycles. The monoisotopic (exact) mass is 302 g/mol. The lowest BCUT2D eigenvalue weighted by Crippen LogP contribution is -1.99. The van der Waals surface area contributed by atoms with E-state index >= 15 is 0 Å². The SMILES string of the molecule is O=C(O)c1ncn2c(F)cc(SCc3ccccc3)cc12. The second-order valence-electron chi connectivity index (χ2n) is 4.44. The summed E-state index contributed by atoms with van der Waals surface area (Å²) in [5.41, 5.74) is 1.24. The van der Waals surface area contributed by atoms with E-state index in [2.05, 4.69) is 4.98 Å². The van der Waals surface area contributed by atoms with Gasteiger partial charge in [0, 0.05) is 16.7 Å². The van der Waals surface area contributed by atoms with Crippen molar-refractivity contribution >= 4 is 23.2 Å². The van der Waals surface area contributed by atoms with Crippen LogP contribution in [0.5, 0.6) is 0 Å². The number of imidazole rings is 1. The van der Waals surface area contributed by atoms with Gasteiger partial charge < -0.3 is 5.11 Å². The second kappa shape index (κ2) is 5.57. The molecule has 106 valence electrons. The first-order valence-electron chi connectivity index (χ1n) is 6.22. The van der Waals surface area contributed by atoms with Crippen molar-refractivity contribution in [3.05, 3.63) is 66.0 Å². The first-order chi connectivity index (χ1) is 10.1. The van der Waals surface area contributed by atoms with E-state index in [-0.39, 0.29) is 11.2 Å². The van der Waals surface area contributed by atoms with Crippen molar-refractivity contribution in [3.8, 4) is 0 Å². The maximum absolute atomic E-state index is 14.0. The predicted molar refractivity (Wildman–Crippen MR) is 78.1 cm³/mol. The zero-order chi connectivity index (χ0) is 14.8. The lowest BCUT2D eigenvalue weighted by molar-refractivity contribution is 0.0693. The zero-order valence-corrected chi connectivity index (χ0v) is 11.7. The third-order valence-corrected chi connectivity index (χ3v) is 4.07. The number of nitrogens with zero attached hydrogens (tertiary/aromatic N) is 2. The van der Waals surface area contributed by atoms with Gasteiger partial charge in [-0.2, -0.15) is 4.39 Å². The molecule has 3 rings (SSSR count). The number of pyridine rings is 1. The van der Waals surface area contributed by atoms with E-state index in [9.17, 15) is 9.18 Å². The highest BCUT2D eigenvalue weighted by Gasteiger charge is 2.15. The number of thioether (sulfide) groups is 1. The van der Waals surface area contributed by atoms with Crippen LogP contribution in [-0.4, -0.2) is 20.5 Å². The Hall–Kier alpha value is -2.34. The molecule has 1 N–H and O–H groups in total. The number of halogens is 1. The van der Waals surface area contributed by atoms with Crippen molar-refractivity contribution in [1.82, 2.24) is 9.38 Å². The summed E-state index contributed by atoms with van der Waals surface area (Å²) < 4.78 is 15.1. The Morgan fingerprint density at radius 3 is 2.76 bits per heavy atom. The highest BCUT2D eigenvalue weighted by Crippen LogP contribution is 2.26. The minimum absolute atomic E-state index is 0.143. The quantitative estimate of drug-likeness (QED) is 0.592. The van der Waals surface area contributed by atoms with E-state index in [0.717, 1.165) is 9.96 Å². The van der Waals surface area contributed by atoms with Gasteiger partial charge in [0.15, 0.2) is 5.69 Å². The van der Waals surface area contributed by atoms with Crippen molar-refractivity contribution in [2.24, 2.45) is 0 Å². The van der Waals surface area contributed by atoms with E-state index < -0.39 is 11.9 Å². The number of benzene rings is 1. The molecule has 0 saturated heterocycles. The summed E-state index contributed by atoms with van der Waals surface area (Å²) in [5.74, 6) is -1.00. The van der Waals surface area contributed by atoms with Gasteiger partial charge in [0.05, 0.1) is 5.52 Å². The number of aromatic carboxylic acids is 1. The number of fused-ring (bicyclic) bond motifs is 1. The van der Waals surface area contributed by atoms with Crippen molar-refractivity contribution < 1.29 is 14.3 Å². The number of hydrogen-bond donors (Lipinski definition) is 1. The van der Waals surface area contributed by atoms with Crippen LogP contribution in [0.4, 0.5) is 4.39 Å². The molecule has 1 aromatic carbocycles. The fourth-order valence-electron chi connectivity index (χ4n) is 2.02. The molecule has 3 aromatic rings. The summed E-state index contributed by atoms with van der Waals surface area (Å²) in [5, 5.41) is 9.06. The number of hydrogen-bond acceptors (Lipinski definition) is 3. The molecule has 0 atom stereocenters.